The zero-order valence-corrected chi connectivity index (χ0v) is 13.9. The number of halogens is 1. The van der Waals surface area contributed by atoms with Gasteiger partial charge in [-0.15, -0.1) is 0 Å². The van der Waals surface area contributed by atoms with E-state index in [1.165, 1.54) is 28.6 Å². The molecule has 3 nitrogen and oxygen atoms in total. The third-order valence-electron chi connectivity index (χ3n) is 4.46. The summed E-state index contributed by atoms with van der Waals surface area (Å²) in [6, 6.07) is 4.42. The van der Waals surface area contributed by atoms with Gasteiger partial charge in [-0.25, -0.2) is 0 Å². The Labute approximate surface area is 129 Å². The quantitative estimate of drug-likeness (QED) is 0.913. The fourth-order valence-corrected chi connectivity index (χ4v) is 4.09. The van der Waals surface area contributed by atoms with E-state index in [4.69, 9.17) is 4.74 Å². The molecule has 2 aliphatic rings. The van der Waals surface area contributed by atoms with Crippen LogP contribution in [0.2, 0.25) is 0 Å². The van der Waals surface area contributed by atoms with Crippen LogP contribution in [-0.4, -0.2) is 38.2 Å². The molecule has 0 bridgehead atoms. The minimum atomic E-state index is 0.408. The predicted molar refractivity (Wildman–Crippen MR) is 85.3 cm³/mol. The van der Waals surface area contributed by atoms with E-state index >= 15 is 0 Å². The van der Waals surface area contributed by atoms with Gasteiger partial charge in [0.25, 0.3) is 0 Å². The van der Waals surface area contributed by atoms with Crippen LogP contribution in [-0.2, 0) is 13.0 Å². The van der Waals surface area contributed by atoms with Crippen molar-refractivity contribution in [2.24, 2.45) is 5.41 Å². The molecule has 0 amide bonds. The molecule has 1 aromatic rings. The van der Waals surface area contributed by atoms with Crippen LogP contribution in [0.5, 0.6) is 5.75 Å². The summed E-state index contributed by atoms with van der Waals surface area (Å²) in [5.74, 6) is 1.13. The summed E-state index contributed by atoms with van der Waals surface area (Å²) in [5, 5.41) is 3.33. The van der Waals surface area contributed by atoms with Crippen molar-refractivity contribution in [3.05, 3.63) is 27.7 Å². The highest BCUT2D eigenvalue weighted by Crippen LogP contribution is 2.36. The first-order chi connectivity index (χ1) is 9.59. The molecule has 1 unspecified atom stereocenters. The second-order valence-electron chi connectivity index (χ2n) is 6.45. The van der Waals surface area contributed by atoms with Gasteiger partial charge in [0.15, 0.2) is 0 Å². The van der Waals surface area contributed by atoms with E-state index in [0.29, 0.717) is 5.41 Å². The Morgan fingerprint density at radius 3 is 3.10 bits per heavy atom. The monoisotopic (exact) mass is 338 g/mol. The van der Waals surface area contributed by atoms with Gasteiger partial charge in [0.1, 0.15) is 5.75 Å². The molecule has 1 saturated heterocycles. The molecule has 4 heteroatoms. The first-order valence-electron chi connectivity index (χ1n) is 7.41. The number of hydrogen-bond donors (Lipinski definition) is 1. The standard InChI is InChI=1S/C16H23BrN2O/c1-16(10-18-2)4-5-19(11-16)9-13-8-14(17)7-12-3-6-20-15(12)13/h7-8,18H,3-6,9-11H2,1-2H3. The summed E-state index contributed by atoms with van der Waals surface area (Å²) in [6.45, 7) is 7.65. The minimum absolute atomic E-state index is 0.408. The first-order valence-corrected chi connectivity index (χ1v) is 8.20. The van der Waals surface area contributed by atoms with Gasteiger partial charge in [-0.1, -0.05) is 22.9 Å². The topological polar surface area (TPSA) is 24.5 Å². The number of fused-ring (bicyclic) bond motifs is 1. The van der Waals surface area contributed by atoms with Gasteiger partial charge in [-0.2, -0.15) is 0 Å². The molecule has 0 radical (unpaired) electrons. The smallest absolute Gasteiger partial charge is 0.127 e. The largest absolute Gasteiger partial charge is 0.493 e. The Morgan fingerprint density at radius 1 is 1.45 bits per heavy atom. The number of hydrogen-bond acceptors (Lipinski definition) is 3. The van der Waals surface area contributed by atoms with Gasteiger partial charge in [0.05, 0.1) is 6.61 Å². The number of likely N-dealkylation sites (tertiary alicyclic amines) is 1. The molecule has 1 atom stereocenters. The highest BCUT2D eigenvalue weighted by Gasteiger charge is 2.33. The van der Waals surface area contributed by atoms with Crippen LogP contribution < -0.4 is 10.1 Å². The molecule has 1 fully saturated rings. The number of nitrogens with one attached hydrogen (secondary N) is 1. The molecule has 2 aliphatic heterocycles. The predicted octanol–water partition coefficient (Wildman–Crippen LogP) is 2.82. The Balaban J connectivity index is 1.73. The second kappa shape index (κ2) is 5.66. The zero-order chi connectivity index (χ0) is 14.2. The zero-order valence-electron chi connectivity index (χ0n) is 12.3. The average molecular weight is 339 g/mol. The number of nitrogens with zero attached hydrogens (tertiary/aromatic N) is 1. The van der Waals surface area contributed by atoms with Crippen LogP contribution in [0.15, 0.2) is 16.6 Å². The molecule has 110 valence electrons. The van der Waals surface area contributed by atoms with E-state index in [1.807, 2.05) is 7.05 Å². The Hall–Kier alpha value is -0.580. The van der Waals surface area contributed by atoms with Crippen LogP contribution >= 0.6 is 15.9 Å². The molecule has 0 spiro atoms. The Kier molecular flexibility index (Phi) is 4.07. The van der Waals surface area contributed by atoms with E-state index in [9.17, 15) is 0 Å². The van der Waals surface area contributed by atoms with Crippen LogP contribution in [0.4, 0.5) is 0 Å². The van der Waals surface area contributed by atoms with Gasteiger partial charge in [-0.05, 0) is 43.1 Å². The molecule has 1 N–H and O–H groups in total. The van der Waals surface area contributed by atoms with Gasteiger partial charge in [-0.3, -0.25) is 4.90 Å². The fraction of sp³-hybridized carbons (Fsp3) is 0.625. The third-order valence-corrected chi connectivity index (χ3v) is 4.92. The Bertz CT molecular complexity index is 505. The van der Waals surface area contributed by atoms with Gasteiger partial charge >= 0.3 is 0 Å². The van der Waals surface area contributed by atoms with Crippen molar-refractivity contribution in [3.8, 4) is 5.75 Å². The van der Waals surface area contributed by atoms with Crippen LogP contribution in [0.3, 0.4) is 0 Å². The number of rotatable bonds is 4. The van der Waals surface area contributed by atoms with Crippen LogP contribution in [0.1, 0.15) is 24.5 Å². The lowest BCUT2D eigenvalue weighted by Gasteiger charge is -2.24. The maximum atomic E-state index is 5.83. The molecule has 3 rings (SSSR count). The Morgan fingerprint density at radius 2 is 2.30 bits per heavy atom. The van der Waals surface area contributed by atoms with Crippen molar-refractivity contribution in [3.63, 3.8) is 0 Å². The normalized spacial score (nSPS) is 25.8. The SMILES string of the molecule is CNCC1(C)CCN(Cc2cc(Br)cc3c2OCC3)C1. The van der Waals surface area contributed by atoms with E-state index in [2.05, 4.69) is 45.2 Å². The molecule has 0 saturated carbocycles. The highest BCUT2D eigenvalue weighted by molar-refractivity contribution is 9.10. The first kappa shape index (κ1) is 14.4. The number of benzene rings is 1. The molecule has 0 aliphatic carbocycles. The molecular formula is C16H23BrN2O. The average Bonchev–Trinajstić information content (AvgIpc) is 2.97. The summed E-state index contributed by atoms with van der Waals surface area (Å²) in [5.41, 5.74) is 3.09. The summed E-state index contributed by atoms with van der Waals surface area (Å²) >= 11 is 3.63. The molecule has 1 aromatic carbocycles. The summed E-state index contributed by atoms with van der Waals surface area (Å²) in [7, 11) is 2.04. The van der Waals surface area contributed by atoms with Gasteiger partial charge < -0.3 is 10.1 Å². The van der Waals surface area contributed by atoms with Gasteiger partial charge in [0, 0.05) is 36.1 Å². The summed E-state index contributed by atoms with van der Waals surface area (Å²) < 4.78 is 7.01. The summed E-state index contributed by atoms with van der Waals surface area (Å²) in [4.78, 5) is 2.56. The lowest BCUT2D eigenvalue weighted by atomic mass is 9.90. The number of ether oxygens (including phenoxy) is 1. The van der Waals surface area contributed by atoms with E-state index in [1.54, 1.807) is 0 Å². The van der Waals surface area contributed by atoms with Crippen molar-refractivity contribution >= 4 is 15.9 Å². The second-order valence-corrected chi connectivity index (χ2v) is 7.37. The maximum Gasteiger partial charge on any atom is 0.127 e. The van der Waals surface area contributed by atoms with Gasteiger partial charge in [0.2, 0.25) is 0 Å². The van der Waals surface area contributed by atoms with Crippen molar-refractivity contribution in [1.82, 2.24) is 10.2 Å². The fourth-order valence-electron chi connectivity index (χ4n) is 3.54. The van der Waals surface area contributed by atoms with E-state index < -0.39 is 0 Å². The third kappa shape index (κ3) is 2.87. The minimum Gasteiger partial charge on any atom is -0.493 e. The van der Waals surface area contributed by atoms with Crippen LogP contribution in [0.25, 0.3) is 0 Å². The van der Waals surface area contributed by atoms with Crippen molar-refractivity contribution in [1.29, 1.82) is 0 Å². The lowest BCUT2D eigenvalue weighted by molar-refractivity contribution is 0.261. The highest BCUT2D eigenvalue weighted by atomic mass is 79.9. The maximum absolute atomic E-state index is 5.83. The summed E-state index contributed by atoms with van der Waals surface area (Å²) in [6.07, 6.45) is 2.31. The lowest BCUT2D eigenvalue weighted by Crippen LogP contribution is -2.32. The van der Waals surface area contributed by atoms with Crippen molar-refractivity contribution in [2.75, 3.05) is 33.3 Å². The molecule has 20 heavy (non-hydrogen) atoms. The van der Waals surface area contributed by atoms with Crippen molar-refractivity contribution < 1.29 is 4.74 Å². The van der Waals surface area contributed by atoms with E-state index in [-0.39, 0.29) is 0 Å². The van der Waals surface area contributed by atoms with E-state index in [0.717, 1.165) is 38.4 Å². The molecule has 0 aromatic heterocycles. The van der Waals surface area contributed by atoms with Crippen molar-refractivity contribution in [2.45, 2.75) is 26.3 Å². The molecule has 2 heterocycles. The molecular weight excluding hydrogens is 316 g/mol. The van der Waals surface area contributed by atoms with Crippen LogP contribution in [0, 0.1) is 5.41 Å².